The van der Waals surface area contributed by atoms with Gasteiger partial charge in [0.15, 0.2) is 0 Å². The first-order chi connectivity index (χ1) is 8.95. The van der Waals surface area contributed by atoms with Crippen LogP contribution in [0.5, 0.6) is 0 Å². The molecule has 0 radical (unpaired) electrons. The van der Waals surface area contributed by atoms with Gasteiger partial charge in [-0.05, 0) is 20.3 Å². The molecule has 1 amide bonds. The zero-order valence-electron chi connectivity index (χ0n) is 11.8. The van der Waals surface area contributed by atoms with Gasteiger partial charge in [0.1, 0.15) is 5.60 Å². The van der Waals surface area contributed by atoms with E-state index in [9.17, 15) is 9.90 Å². The number of aryl methyl sites for hydroxylation is 1. The zero-order valence-corrected chi connectivity index (χ0v) is 11.8. The van der Waals surface area contributed by atoms with Gasteiger partial charge in [-0.25, -0.2) is 0 Å². The highest BCUT2D eigenvalue weighted by molar-refractivity contribution is 5.75. The van der Waals surface area contributed by atoms with Gasteiger partial charge in [-0.15, -0.1) is 0 Å². The van der Waals surface area contributed by atoms with Crippen molar-refractivity contribution >= 4 is 5.91 Å². The van der Waals surface area contributed by atoms with Crippen molar-refractivity contribution in [3.8, 4) is 0 Å². The summed E-state index contributed by atoms with van der Waals surface area (Å²) in [6, 6.07) is 0. The molecular formula is C13H23N3O3. The SMILES string of the molecule is CCOCCCC(=O)NCC(C)(O)c1cnn(C)c1. The maximum atomic E-state index is 11.6. The van der Waals surface area contributed by atoms with Crippen molar-refractivity contribution in [2.75, 3.05) is 19.8 Å². The molecule has 0 bridgehead atoms. The first kappa shape index (κ1) is 15.7. The minimum atomic E-state index is -1.11. The summed E-state index contributed by atoms with van der Waals surface area (Å²) in [6.45, 7) is 5.00. The Hall–Kier alpha value is -1.40. The predicted molar refractivity (Wildman–Crippen MR) is 71.5 cm³/mol. The summed E-state index contributed by atoms with van der Waals surface area (Å²) >= 11 is 0. The molecule has 1 aromatic rings. The molecule has 1 unspecified atom stereocenters. The lowest BCUT2D eigenvalue weighted by Crippen LogP contribution is -2.38. The lowest BCUT2D eigenvalue weighted by molar-refractivity contribution is -0.122. The van der Waals surface area contributed by atoms with Crippen molar-refractivity contribution in [3.63, 3.8) is 0 Å². The molecule has 1 rings (SSSR count). The molecule has 2 N–H and O–H groups in total. The Kier molecular flexibility index (Phi) is 5.98. The highest BCUT2D eigenvalue weighted by Gasteiger charge is 2.25. The molecular weight excluding hydrogens is 246 g/mol. The number of rotatable bonds is 8. The van der Waals surface area contributed by atoms with Crippen LogP contribution in [0.25, 0.3) is 0 Å². The molecule has 1 atom stereocenters. The molecule has 0 aliphatic carbocycles. The van der Waals surface area contributed by atoms with Crippen LogP contribution in [-0.2, 0) is 22.2 Å². The van der Waals surface area contributed by atoms with Gasteiger partial charge in [0.2, 0.25) is 5.91 Å². The number of amides is 1. The van der Waals surface area contributed by atoms with Crippen LogP contribution in [0.15, 0.2) is 12.4 Å². The first-order valence-corrected chi connectivity index (χ1v) is 6.51. The normalized spacial score (nSPS) is 14.1. The van der Waals surface area contributed by atoms with Crippen molar-refractivity contribution in [2.45, 2.75) is 32.3 Å². The number of carbonyl (C=O) groups is 1. The van der Waals surface area contributed by atoms with Gasteiger partial charge in [0.05, 0.1) is 12.7 Å². The Morgan fingerprint density at radius 2 is 2.37 bits per heavy atom. The highest BCUT2D eigenvalue weighted by atomic mass is 16.5. The van der Waals surface area contributed by atoms with E-state index in [-0.39, 0.29) is 12.5 Å². The van der Waals surface area contributed by atoms with Crippen LogP contribution in [0.4, 0.5) is 0 Å². The fourth-order valence-electron chi connectivity index (χ4n) is 1.64. The molecule has 1 heterocycles. The third-order valence-corrected chi connectivity index (χ3v) is 2.85. The van der Waals surface area contributed by atoms with Gasteiger partial charge in [0.25, 0.3) is 0 Å². The van der Waals surface area contributed by atoms with Crippen LogP contribution >= 0.6 is 0 Å². The quantitative estimate of drug-likeness (QED) is 0.676. The van der Waals surface area contributed by atoms with E-state index in [1.165, 1.54) is 0 Å². The summed E-state index contributed by atoms with van der Waals surface area (Å²) in [5.41, 5.74) is -0.422. The molecule has 6 heteroatoms. The monoisotopic (exact) mass is 269 g/mol. The van der Waals surface area contributed by atoms with Crippen LogP contribution in [-0.4, -0.2) is 40.6 Å². The molecule has 0 saturated carbocycles. The molecule has 1 aromatic heterocycles. The molecule has 0 aromatic carbocycles. The lowest BCUT2D eigenvalue weighted by atomic mass is 10.00. The average Bonchev–Trinajstić information content (AvgIpc) is 2.80. The van der Waals surface area contributed by atoms with Gasteiger partial charge < -0.3 is 15.2 Å². The Morgan fingerprint density at radius 1 is 1.63 bits per heavy atom. The average molecular weight is 269 g/mol. The number of hydrogen-bond acceptors (Lipinski definition) is 4. The second kappa shape index (κ2) is 7.25. The molecule has 6 nitrogen and oxygen atoms in total. The third-order valence-electron chi connectivity index (χ3n) is 2.85. The summed E-state index contributed by atoms with van der Waals surface area (Å²) in [6.07, 6.45) is 4.43. The van der Waals surface area contributed by atoms with Crippen molar-refractivity contribution in [2.24, 2.45) is 7.05 Å². The van der Waals surface area contributed by atoms with Crippen LogP contribution in [0.2, 0.25) is 0 Å². The van der Waals surface area contributed by atoms with E-state index in [4.69, 9.17) is 4.74 Å². The number of nitrogens with one attached hydrogen (secondary N) is 1. The number of nitrogens with zero attached hydrogens (tertiary/aromatic N) is 2. The maximum Gasteiger partial charge on any atom is 0.220 e. The lowest BCUT2D eigenvalue weighted by Gasteiger charge is -2.22. The van der Waals surface area contributed by atoms with E-state index >= 15 is 0 Å². The minimum Gasteiger partial charge on any atom is -0.383 e. The Labute approximate surface area is 113 Å². The molecule has 0 fully saturated rings. The van der Waals surface area contributed by atoms with Gasteiger partial charge in [-0.1, -0.05) is 0 Å². The molecule has 0 aliphatic rings. The number of carbonyl (C=O) groups excluding carboxylic acids is 1. The topological polar surface area (TPSA) is 76.4 Å². The Balaban J connectivity index is 2.32. The van der Waals surface area contributed by atoms with E-state index in [1.807, 2.05) is 6.92 Å². The Bertz CT molecular complexity index is 402. The van der Waals surface area contributed by atoms with E-state index in [0.29, 0.717) is 31.6 Å². The van der Waals surface area contributed by atoms with Crippen LogP contribution < -0.4 is 5.32 Å². The molecule has 0 spiro atoms. The van der Waals surface area contributed by atoms with Gasteiger partial charge in [-0.3, -0.25) is 9.48 Å². The number of aliphatic hydroxyl groups is 1. The highest BCUT2D eigenvalue weighted by Crippen LogP contribution is 2.18. The maximum absolute atomic E-state index is 11.6. The fraction of sp³-hybridized carbons (Fsp3) is 0.692. The molecule has 0 aliphatic heterocycles. The van der Waals surface area contributed by atoms with Crippen LogP contribution in [0, 0.1) is 0 Å². The van der Waals surface area contributed by atoms with Crippen molar-refractivity contribution in [1.29, 1.82) is 0 Å². The van der Waals surface area contributed by atoms with Crippen LogP contribution in [0.3, 0.4) is 0 Å². The number of aromatic nitrogens is 2. The first-order valence-electron chi connectivity index (χ1n) is 6.51. The third kappa shape index (κ3) is 5.40. The summed E-state index contributed by atoms with van der Waals surface area (Å²) in [5, 5.41) is 17.0. The Morgan fingerprint density at radius 3 is 2.95 bits per heavy atom. The van der Waals surface area contributed by atoms with Gasteiger partial charge in [-0.2, -0.15) is 5.10 Å². The van der Waals surface area contributed by atoms with E-state index in [1.54, 1.807) is 31.0 Å². The number of hydrogen-bond donors (Lipinski definition) is 2. The van der Waals surface area contributed by atoms with Crippen LogP contribution in [0.1, 0.15) is 32.3 Å². The second-order valence-corrected chi connectivity index (χ2v) is 4.75. The predicted octanol–water partition coefficient (Wildman–Crippen LogP) is 0.560. The standard InChI is InChI=1S/C13H23N3O3/c1-4-19-7-5-6-12(17)14-10-13(2,18)11-8-15-16(3)9-11/h8-9,18H,4-7,10H2,1-3H3,(H,14,17). The largest absolute Gasteiger partial charge is 0.383 e. The van der Waals surface area contributed by atoms with Crippen molar-refractivity contribution in [1.82, 2.24) is 15.1 Å². The van der Waals surface area contributed by atoms with Gasteiger partial charge in [0, 0.05) is 38.4 Å². The summed E-state index contributed by atoms with van der Waals surface area (Å²) < 4.78 is 6.78. The van der Waals surface area contributed by atoms with Crippen molar-refractivity contribution in [3.05, 3.63) is 18.0 Å². The van der Waals surface area contributed by atoms with E-state index < -0.39 is 5.60 Å². The van der Waals surface area contributed by atoms with E-state index in [2.05, 4.69) is 10.4 Å². The molecule has 0 saturated heterocycles. The molecule has 108 valence electrons. The zero-order chi connectivity index (χ0) is 14.3. The molecule has 19 heavy (non-hydrogen) atoms. The summed E-state index contributed by atoms with van der Waals surface area (Å²) in [5.74, 6) is -0.0798. The smallest absolute Gasteiger partial charge is 0.220 e. The van der Waals surface area contributed by atoms with Gasteiger partial charge >= 0.3 is 0 Å². The van der Waals surface area contributed by atoms with E-state index in [0.717, 1.165) is 0 Å². The fourth-order valence-corrected chi connectivity index (χ4v) is 1.64. The number of ether oxygens (including phenoxy) is 1. The second-order valence-electron chi connectivity index (χ2n) is 4.75. The summed E-state index contributed by atoms with van der Waals surface area (Å²) in [7, 11) is 1.78. The minimum absolute atomic E-state index is 0.0798. The van der Waals surface area contributed by atoms with Crippen molar-refractivity contribution < 1.29 is 14.6 Å². The summed E-state index contributed by atoms with van der Waals surface area (Å²) in [4.78, 5) is 11.6.